The molecule has 0 saturated carbocycles. The molecule has 0 spiro atoms. The molecule has 2 aromatic heterocycles. The lowest BCUT2D eigenvalue weighted by Crippen LogP contribution is -2.48. The average Bonchev–Trinajstić information content (AvgIpc) is 3.62. The van der Waals surface area contributed by atoms with E-state index >= 15 is 0 Å². The van der Waals surface area contributed by atoms with Crippen molar-refractivity contribution in [3.05, 3.63) is 107 Å². The summed E-state index contributed by atoms with van der Waals surface area (Å²) in [5, 5.41) is 31.5. The SMILES string of the molecule is C=N/C(C(=O)N1CCN(Cc2cccc(Nc3nc(NCc4nc5cc(F)ccc5[nH]4)nc(N[C@H](Cc4ccc(C#N)cc4)C(=O)NC)n3)c2)CC1)=C(O)\N=C/C. The largest absolute Gasteiger partial charge is 0.492 e. The van der Waals surface area contributed by atoms with E-state index in [0.29, 0.717) is 60.8 Å². The number of carbonyl (C=O) groups is 2. The number of aliphatic imine (C=N–C) groups is 2. The molecule has 0 unspecified atom stereocenters. The highest BCUT2D eigenvalue weighted by Crippen LogP contribution is 2.21. The third-order valence-corrected chi connectivity index (χ3v) is 9.01. The Hall–Kier alpha value is -7.26. The van der Waals surface area contributed by atoms with Gasteiger partial charge in [-0.05, 0) is 61.2 Å². The van der Waals surface area contributed by atoms with Crippen LogP contribution in [0.3, 0.4) is 0 Å². The molecule has 6 N–H and O–H groups in total. The number of aliphatic hydroxyl groups excluding tert-OH is 1. The fourth-order valence-corrected chi connectivity index (χ4v) is 6.16. The number of H-pyrrole nitrogens is 1. The van der Waals surface area contributed by atoms with Gasteiger partial charge in [-0.15, -0.1) is 0 Å². The van der Waals surface area contributed by atoms with Crippen LogP contribution in [0.5, 0.6) is 0 Å². The van der Waals surface area contributed by atoms with Crippen LogP contribution in [-0.4, -0.2) is 104 Å². The summed E-state index contributed by atoms with van der Waals surface area (Å²) in [5.41, 5.74) is 4.00. The van der Waals surface area contributed by atoms with Gasteiger partial charge >= 0.3 is 0 Å². The minimum absolute atomic E-state index is 0.118. The summed E-state index contributed by atoms with van der Waals surface area (Å²) in [5.74, 6) is -0.569. The summed E-state index contributed by atoms with van der Waals surface area (Å²) in [6, 6.07) is 20.3. The van der Waals surface area contributed by atoms with Crippen molar-refractivity contribution in [3.8, 4) is 6.07 Å². The van der Waals surface area contributed by atoms with E-state index in [0.717, 1.165) is 11.1 Å². The first kappa shape index (κ1) is 39.4. The predicted molar refractivity (Wildman–Crippen MR) is 214 cm³/mol. The molecule has 292 valence electrons. The first-order valence-electron chi connectivity index (χ1n) is 18.0. The fraction of sp³-hybridized carbons (Fsp3) is 0.256. The summed E-state index contributed by atoms with van der Waals surface area (Å²) in [6.45, 7) is 7.87. The van der Waals surface area contributed by atoms with Crippen LogP contribution in [0.25, 0.3) is 11.0 Å². The number of piperazine rings is 1. The minimum atomic E-state index is -0.776. The topological polar surface area (TPSA) is 225 Å². The van der Waals surface area contributed by atoms with Crippen molar-refractivity contribution < 1.29 is 19.1 Å². The molecule has 1 aliphatic rings. The monoisotopic (exact) mass is 772 g/mol. The quantitative estimate of drug-likeness (QED) is 0.0504. The zero-order valence-electron chi connectivity index (χ0n) is 31.3. The standard InChI is InChI=1S/C39H41FN14O3/c1-4-44-35(56)33(42-2)36(57)54-16-14-53(15-17-54)23-26-6-5-7-28(18-26)46-38-50-37(45-22-32-47-29-13-12-27(40)20-30(29)48-32)51-39(52-38)49-31(34(55)43-3)19-24-8-10-25(21-41)11-9-24/h4-13,18,20,31,56H,2,14-17,19,22-23H2,1,3H3,(H,43,55)(H,47,48)(H3,45,46,49,50,51,52)/b35-33+,44-4-/t31-/m1/s1. The van der Waals surface area contributed by atoms with Crippen LogP contribution in [0, 0.1) is 17.1 Å². The van der Waals surface area contributed by atoms with Crippen molar-refractivity contribution in [2.45, 2.75) is 32.5 Å². The summed E-state index contributed by atoms with van der Waals surface area (Å²) >= 11 is 0. The molecule has 57 heavy (non-hydrogen) atoms. The number of halogens is 1. The molecule has 0 bridgehead atoms. The van der Waals surface area contributed by atoms with Gasteiger partial charge in [0, 0.05) is 64.2 Å². The molecule has 17 nitrogen and oxygen atoms in total. The number of likely N-dealkylation sites (N-methyl/N-ethyl adjacent to an activating group) is 1. The zero-order valence-corrected chi connectivity index (χ0v) is 31.3. The predicted octanol–water partition coefficient (Wildman–Crippen LogP) is 4.05. The van der Waals surface area contributed by atoms with E-state index in [1.165, 1.54) is 25.4 Å². The van der Waals surface area contributed by atoms with Crippen molar-refractivity contribution in [2.24, 2.45) is 9.98 Å². The Balaban J connectivity index is 1.18. The van der Waals surface area contributed by atoms with Crippen LogP contribution in [0.15, 0.2) is 88.3 Å². The number of nitrogens with one attached hydrogen (secondary N) is 5. The van der Waals surface area contributed by atoms with Crippen LogP contribution in [0.2, 0.25) is 0 Å². The summed E-state index contributed by atoms with van der Waals surface area (Å²) in [6.07, 6.45) is 1.65. The second kappa shape index (κ2) is 18.4. The molecular weight excluding hydrogens is 732 g/mol. The number of hydrogen-bond acceptors (Lipinski definition) is 14. The zero-order chi connectivity index (χ0) is 40.3. The molecule has 1 saturated heterocycles. The van der Waals surface area contributed by atoms with E-state index in [1.807, 2.05) is 24.3 Å². The number of nitriles is 1. The van der Waals surface area contributed by atoms with Crippen molar-refractivity contribution in [1.29, 1.82) is 5.26 Å². The molecule has 1 atom stereocenters. The molecule has 0 radical (unpaired) electrons. The van der Waals surface area contributed by atoms with E-state index < -0.39 is 23.6 Å². The minimum Gasteiger partial charge on any atom is -0.492 e. The Kier molecular flexibility index (Phi) is 12.7. The molecule has 5 aromatic rings. The molecule has 3 aromatic carbocycles. The van der Waals surface area contributed by atoms with Gasteiger partial charge in [0.25, 0.3) is 5.91 Å². The van der Waals surface area contributed by atoms with Crippen molar-refractivity contribution in [3.63, 3.8) is 0 Å². The maximum atomic E-state index is 13.8. The number of anilines is 4. The lowest BCUT2D eigenvalue weighted by molar-refractivity contribution is -0.129. The molecule has 1 aliphatic heterocycles. The van der Waals surface area contributed by atoms with Crippen LogP contribution >= 0.6 is 0 Å². The van der Waals surface area contributed by atoms with Gasteiger partial charge in [0.1, 0.15) is 17.7 Å². The van der Waals surface area contributed by atoms with Crippen LogP contribution in [-0.2, 0) is 29.1 Å². The third kappa shape index (κ3) is 10.3. The van der Waals surface area contributed by atoms with E-state index in [4.69, 9.17) is 0 Å². The van der Waals surface area contributed by atoms with E-state index in [9.17, 15) is 24.3 Å². The van der Waals surface area contributed by atoms with Crippen molar-refractivity contribution in [1.82, 2.24) is 40.0 Å². The fourth-order valence-electron chi connectivity index (χ4n) is 6.16. The van der Waals surface area contributed by atoms with Gasteiger partial charge in [-0.25, -0.2) is 14.4 Å². The molecule has 6 rings (SSSR count). The number of imidazole rings is 1. The van der Waals surface area contributed by atoms with Gasteiger partial charge in [-0.2, -0.15) is 20.2 Å². The number of amides is 2. The van der Waals surface area contributed by atoms with Gasteiger partial charge in [0.15, 0.2) is 5.70 Å². The molecule has 0 aliphatic carbocycles. The van der Waals surface area contributed by atoms with E-state index in [1.54, 1.807) is 42.2 Å². The number of rotatable bonds is 15. The molecule has 3 heterocycles. The number of nitrogens with zero attached hydrogens (tertiary/aromatic N) is 9. The average molecular weight is 773 g/mol. The van der Waals surface area contributed by atoms with Crippen molar-refractivity contribution >= 4 is 59.3 Å². The maximum Gasteiger partial charge on any atom is 0.278 e. The van der Waals surface area contributed by atoms with E-state index in [2.05, 4.69) is 73.9 Å². The molecule has 18 heteroatoms. The molecular formula is C39H41FN14O3. The highest BCUT2D eigenvalue weighted by atomic mass is 19.1. The Labute approximate surface area is 327 Å². The van der Waals surface area contributed by atoms with E-state index in [-0.39, 0.29) is 42.4 Å². The number of aliphatic hydroxyl groups is 1. The Morgan fingerprint density at radius 3 is 2.49 bits per heavy atom. The number of aromatic nitrogens is 5. The molecule has 2 amide bonds. The number of carbonyl (C=O) groups excluding carboxylic acids is 2. The molecule has 1 fully saturated rings. The lowest BCUT2D eigenvalue weighted by Gasteiger charge is -2.34. The highest BCUT2D eigenvalue weighted by molar-refractivity contribution is 5.94. The maximum absolute atomic E-state index is 13.8. The summed E-state index contributed by atoms with van der Waals surface area (Å²) in [4.78, 5) is 58.7. The normalized spacial score (nSPS) is 14.1. The number of fused-ring (bicyclic) bond motifs is 1. The first-order valence-corrected chi connectivity index (χ1v) is 18.0. The Bertz CT molecular complexity index is 2350. The number of benzene rings is 3. The Morgan fingerprint density at radius 1 is 1.02 bits per heavy atom. The number of aromatic amines is 1. The van der Waals surface area contributed by atoms with Crippen LogP contribution in [0.1, 0.15) is 29.4 Å². The second-order valence-corrected chi connectivity index (χ2v) is 12.9. The Morgan fingerprint density at radius 2 is 1.77 bits per heavy atom. The second-order valence-electron chi connectivity index (χ2n) is 12.9. The third-order valence-electron chi connectivity index (χ3n) is 9.01. The van der Waals surface area contributed by atoms with Crippen LogP contribution in [0.4, 0.5) is 27.9 Å². The van der Waals surface area contributed by atoms with Crippen LogP contribution < -0.4 is 21.3 Å². The smallest absolute Gasteiger partial charge is 0.278 e. The number of hydrogen-bond donors (Lipinski definition) is 6. The highest BCUT2D eigenvalue weighted by Gasteiger charge is 2.26. The van der Waals surface area contributed by atoms with Gasteiger partial charge in [-0.1, -0.05) is 24.3 Å². The van der Waals surface area contributed by atoms with Gasteiger partial charge < -0.3 is 36.3 Å². The van der Waals surface area contributed by atoms with Crippen molar-refractivity contribution in [2.75, 3.05) is 49.2 Å². The first-order chi connectivity index (χ1) is 27.6. The summed E-state index contributed by atoms with van der Waals surface area (Å²) in [7, 11) is 1.54. The lowest BCUT2D eigenvalue weighted by atomic mass is 10.0. The van der Waals surface area contributed by atoms with Gasteiger partial charge in [0.05, 0.1) is 29.2 Å². The van der Waals surface area contributed by atoms with Gasteiger partial charge in [0.2, 0.25) is 29.6 Å². The summed E-state index contributed by atoms with van der Waals surface area (Å²) < 4.78 is 13.8. The van der Waals surface area contributed by atoms with Gasteiger partial charge in [-0.3, -0.25) is 19.5 Å².